The summed E-state index contributed by atoms with van der Waals surface area (Å²) in [5.74, 6) is 0.102. The van der Waals surface area contributed by atoms with Gasteiger partial charge in [-0.15, -0.1) is 0 Å². The number of piperidine rings is 1. The third-order valence-electron chi connectivity index (χ3n) is 3.71. The molecule has 0 aromatic carbocycles. The lowest BCUT2D eigenvalue weighted by molar-refractivity contribution is 0.0707. The van der Waals surface area contributed by atoms with Crippen LogP contribution in [0.4, 0.5) is 0 Å². The second-order valence-corrected chi connectivity index (χ2v) is 6.20. The number of nitrogens with zero attached hydrogens (tertiary/aromatic N) is 3. The second-order valence-electron chi connectivity index (χ2n) is 6.20. The lowest BCUT2D eigenvalue weighted by Gasteiger charge is -2.31. The molecule has 1 amide bonds. The van der Waals surface area contributed by atoms with Crippen molar-refractivity contribution in [3.05, 3.63) is 18.0 Å². The highest BCUT2D eigenvalue weighted by Gasteiger charge is 2.24. The summed E-state index contributed by atoms with van der Waals surface area (Å²) in [6.07, 6.45) is 5.58. The maximum Gasteiger partial charge on any atom is 0.257 e. The minimum absolute atomic E-state index is 0.0857. The molecular weight excluding hydrogens is 240 g/mol. The van der Waals surface area contributed by atoms with Crippen LogP contribution in [0, 0.1) is 0 Å². The molecule has 1 aliphatic rings. The second kappa shape index (κ2) is 5.33. The summed E-state index contributed by atoms with van der Waals surface area (Å²) in [4.78, 5) is 14.3. The fourth-order valence-electron chi connectivity index (χ4n) is 2.35. The number of hydrogen-bond acceptors (Lipinski definition) is 3. The van der Waals surface area contributed by atoms with E-state index in [2.05, 4.69) is 31.2 Å². The van der Waals surface area contributed by atoms with Crippen LogP contribution >= 0.6 is 0 Å². The Kier molecular flexibility index (Phi) is 3.94. The van der Waals surface area contributed by atoms with Gasteiger partial charge in [-0.3, -0.25) is 9.48 Å². The molecule has 1 aromatic rings. The van der Waals surface area contributed by atoms with Crippen molar-refractivity contribution in [2.24, 2.45) is 0 Å². The molecule has 0 bridgehead atoms. The van der Waals surface area contributed by atoms with Crippen molar-refractivity contribution in [3.63, 3.8) is 0 Å². The molecule has 0 saturated carbocycles. The number of nitrogens with one attached hydrogen (secondary N) is 1. The van der Waals surface area contributed by atoms with E-state index in [1.807, 2.05) is 22.8 Å². The molecule has 0 spiro atoms. The van der Waals surface area contributed by atoms with Gasteiger partial charge in [0.2, 0.25) is 0 Å². The summed E-state index contributed by atoms with van der Waals surface area (Å²) in [6, 6.07) is 0.543. The van der Waals surface area contributed by atoms with E-state index in [1.165, 1.54) is 0 Å². The first-order chi connectivity index (χ1) is 8.91. The largest absolute Gasteiger partial charge is 0.338 e. The average Bonchev–Trinajstić information content (AvgIpc) is 2.87. The van der Waals surface area contributed by atoms with Gasteiger partial charge in [0.15, 0.2) is 0 Å². The molecule has 19 heavy (non-hydrogen) atoms. The zero-order chi connectivity index (χ0) is 14.0. The van der Waals surface area contributed by atoms with Crippen LogP contribution in [0.1, 0.15) is 44.0 Å². The van der Waals surface area contributed by atoms with Gasteiger partial charge in [0.1, 0.15) is 0 Å². The van der Waals surface area contributed by atoms with E-state index in [4.69, 9.17) is 0 Å². The third kappa shape index (κ3) is 3.15. The Morgan fingerprint density at radius 2 is 2.00 bits per heavy atom. The lowest BCUT2D eigenvalue weighted by Crippen LogP contribution is -2.43. The summed E-state index contributed by atoms with van der Waals surface area (Å²) in [6.45, 7) is 7.88. The lowest BCUT2D eigenvalue weighted by atomic mass is 10.0. The monoisotopic (exact) mass is 264 g/mol. The van der Waals surface area contributed by atoms with Crippen LogP contribution in [0.25, 0.3) is 0 Å². The van der Waals surface area contributed by atoms with Crippen molar-refractivity contribution in [2.45, 2.75) is 45.2 Å². The minimum Gasteiger partial charge on any atom is -0.338 e. The van der Waals surface area contributed by atoms with E-state index in [9.17, 15) is 4.79 Å². The van der Waals surface area contributed by atoms with Gasteiger partial charge in [0, 0.05) is 25.3 Å². The quantitative estimate of drug-likeness (QED) is 0.880. The van der Waals surface area contributed by atoms with Crippen LogP contribution in [0.3, 0.4) is 0 Å². The van der Waals surface area contributed by atoms with Gasteiger partial charge >= 0.3 is 0 Å². The molecule has 2 heterocycles. The predicted molar refractivity (Wildman–Crippen MR) is 75.2 cm³/mol. The highest BCUT2D eigenvalue weighted by atomic mass is 16.2. The Hall–Kier alpha value is -1.36. The molecular formula is C14H24N4O. The number of hydrogen-bond donors (Lipinski definition) is 1. The van der Waals surface area contributed by atoms with E-state index in [0.717, 1.165) is 25.9 Å². The number of carbonyl (C=O) groups excluding carboxylic acids is 1. The molecule has 0 radical (unpaired) electrons. The van der Waals surface area contributed by atoms with Crippen LogP contribution in [0.15, 0.2) is 12.4 Å². The molecule has 5 nitrogen and oxygen atoms in total. The van der Waals surface area contributed by atoms with E-state index in [0.29, 0.717) is 11.6 Å². The van der Waals surface area contributed by atoms with Gasteiger partial charge in [0.05, 0.1) is 17.3 Å². The zero-order valence-corrected chi connectivity index (χ0v) is 12.3. The maximum absolute atomic E-state index is 12.4. The first kappa shape index (κ1) is 14.1. The van der Waals surface area contributed by atoms with Crippen LogP contribution in [-0.2, 0) is 5.54 Å². The topological polar surface area (TPSA) is 50.2 Å². The standard InChI is InChI=1S/C14H24N4O/c1-14(2,3)18-10-11(9-16-18)13(19)17-7-5-12(15-4)6-8-17/h9-10,12,15H,5-8H2,1-4H3. The number of aromatic nitrogens is 2. The third-order valence-corrected chi connectivity index (χ3v) is 3.71. The van der Waals surface area contributed by atoms with Crippen LogP contribution in [0.2, 0.25) is 0 Å². The number of likely N-dealkylation sites (tertiary alicyclic amines) is 1. The summed E-state index contributed by atoms with van der Waals surface area (Å²) >= 11 is 0. The van der Waals surface area contributed by atoms with Crippen molar-refractivity contribution < 1.29 is 4.79 Å². The van der Waals surface area contributed by atoms with E-state index < -0.39 is 0 Å². The number of carbonyl (C=O) groups is 1. The van der Waals surface area contributed by atoms with Crippen molar-refractivity contribution >= 4 is 5.91 Å². The van der Waals surface area contributed by atoms with Crippen LogP contribution in [0.5, 0.6) is 0 Å². The van der Waals surface area contributed by atoms with E-state index in [1.54, 1.807) is 6.20 Å². The van der Waals surface area contributed by atoms with Crippen molar-refractivity contribution in [3.8, 4) is 0 Å². The molecule has 1 saturated heterocycles. The fourth-order valence-corrected chi connectivity index (χ4v) is 2.35. The SMILES string of the molecule is CNC1CCN(C(=O)c2cnn(C(C)(C)C)c2)CC1. The summed E-state index contributed by atoms with van der Waals surface area (Å²) in [5, 5.41) is 7.56. The van der Waals surface area contributed by atoms with Gasteiger partial charge in [0.25, 0.3) is 5.91 Å². The summed E-state index contributed by atoms with van der Waals surface area (Å²) in [7, 11) is 1.98. The Labute approximate surface area is 115 Å². The van der Waals surface area contributed by atoms with Gasteiger partial charge < -0.3 is 10.2 Å². The van der Waals surface area contributed by atoms with Crippen molar-refractivity contribution in [2.75, 3.05) is 20.1 Å². The minimum atomic E-state index is -0.0857. The van der Waals surface area contributed by atoms with Crippen molar-refractivity contribution in [1.29, 1.82) is 0 Å². The maximum atomic E-state index is 12.4. The highest BCUT2D eigenvalue weighted by molar-refractivity contribution is 5.93. The normalized spacial score (nSPS) is 17.8. The van der Waals surface area contributed by atoms with Crippen LogP contribution < -0.4 is 5.32 Å². The van der Waals surface area contributed by atoms with Gasteiger partial charge in [-0.25, -0.2) is 0 Å². The number of rotatable bonds is 2. The van der Waals surface area contributed by atoms with Gasteiger partial charge in [-0.1, -0.05) is 0 Å². The summed E-state index contributed by atoms with van der Waals surface area (Å²) < 4.78 is 1.85. The molecule has 0 unspecified atom stereocenters. The first-order valence-corrected chi connectivity index (χ1v) is 6.93. The smallest absolute Gasteiger partial charge is 0.257 e. The van der Waals surface area contributed by atoms with Crippen molar-refractivity contribution in [1.82, 2.24) is 20.0 Å². The highest BCUT2D eigenvalue weighted by Crippen LogP contribution is 2.16. The molecule has 106 valence electrons. The average molecular weight is 264 g/mol. The summed E-state index contributed by atoms with van der Waals surface area (Å²) in [5.41, 5.74) is 0.607. The predicted octanol–water partition coefficient (Wildman–Crippen LogP) is 1.46. The Morgan fingerprint density at radius 1 is 1.37 bits per heavy atom. The number of amides is 1. The molecule has 1 N–H and O–H groups in total. The molecule has 5 heteroatoms. The van der Waals surface area contributed by atoms with Crippen LogP contribution in [-0.4, -0.2) is 46.8 Å². The Morgan fingerprint density at radius 3 is 2.47 bits per heavy atom. The fraction of sp³-hybridized carbons (Fsp3) is 0.714. The zero-order valence-electron chi connectivity index (χ0n) is 12.3. The van der Waals surface area contributed by atoms with Gasteiger partial charge in [-0.05, 0) is 40.7 Å². The molecule has 1 fully saturated rings. The Balaban J connectivity index is 2.02. The van der Waals surface area contributed by atoms with E-state index in [-0.39, 0.29) is 11.4 Å². The molecule has 0 atom stereocenters. The Bertz CT molecular complexity index is 439. The van der Waals surface area contributed by atoms with Gasteiger partial charge in [-0.2, -0.15) is 5.10 Å². The molecule has 0 aliphatic carbocycles. The first-order valence-electron chi connectivity index (χ1n) is 6.93. The molecule has 2 rings (SSSR count). The van der Waals surface area contributed by atoms with E-state index >= 15 is 0 Å². The molecule has 1 aromatic heterocycles. The molecule has 1 aliphatic heterocycles.